The first-order valence-electron chi connectivity index (χ1n) is 11.9. The van der Waals surface area contributed by atoms with Gasteiger partial charge in [0.2, 0.25) is 0 Å². The van der Waals surface area contributed by atoms with E-state index in [0.29, 0.717) is 23.7 Å². The van der Waals surface area contributed by atoms with Crippen LogP contribution < -0.4 is 10.6 Å². The second-order valence-electron chi connectivity index (χ2n) is 9.35. The number of Topliss-reactive ketones (excluding diaryl/α,β-unsaturated/α-hetero) is 1. The number of ketones is 1. The molecule has 5 nitrogen and oxygen atoms in total. The Morgan fingerprint density at radius 1 is 1.12 bits per heavy atom. The molecule has 166 valence electrons. The minimum atomic E-state index is -0.388. The van der Waals surface area contributed by atoms with E-state index in [1.807, 2.05) is 31.2 Å². The van der Waals surface area contributed by atoms with Gasteiger partial charge >= 0.3 is 0 Å². The van der Waals surface area contributed by atoms with Crippen molar-refractivity contribution < 1.29 is 4.79 Å². The van der Waals surface area contributed by atoms with Gasteiger partial charge in [0.15, 0.2) is 11.6 Å². The van der Waals surface area contributed by atoms with Crippen molar-refractivity contribution in [2.45, 2.75) is 64.2 Å². The van der Waals surface area contributed by atoms with E-state index >= 15 is 0 Å². The Balaban J connectivity index is 1.65. The Kier molecular flexibility index (Phi) is 4.77. The summed E-state index contributed by atoms with van der Waals surface area (Å²) in [5.74, 6) is 0.887. The molecule has 2 aromatic rings. The van der Waals surface area contributed by atoms with Crippen LogP contribution in [0.15, 0.2) is 51.9 Å². The molecule has 4 aliphatic rings. The van der Waals surface area contributed by atoms with E-state index in [1.54, 1.807) is 11.3 Å². The zero-order valence-corrected chi connectivity index (χ0v) is 19.6. The molecule has 0 fully saturated rings. The van der Waals surface area contributed by atoms with Crippen molar-refractivity contribution in [2.24, 2.45) is 10.7 Å². The molecule has 3 heterocycles. The van der Waals surface area contributed by atoms with Gasteiger partial charge in [0, 0.05) is 22.6 Å². The van der Waals surface area contributed by atoms with Gasteiger partial charge in [0.1, 0.15) is 10.8 Å². The lowest BCUT2D eigenvalue weighted by molar-refractivity contribution is -0.116. The van der Waals surface area contributed by atoms with E-state index in [4.69, 9.17) is 10.7 Å². The number of nitrogens with two attached hydrogens (primary N) is 1. The molecule has 0 radical (unpaired) electrons. The molecule has 6 rings (SSSR count). The molecule has 0 saturated carbocycles. The average Bonchev–Trinajstić information content (AvgIpc) is 3.02. The number of aliphatic imine (C=N–C) groups is 1. The largest absolute Gasteiger partial charge is 0.383 e. The van der Waals surface area contributed by atoms with Crippen LogP contribution in [0.2, 0.25) is 0 Å². The van der Waals surface area contributed by atoms with Crippen LogP contribution in [0.1, 0.15) is 71.6 Å². The molecular weight excluding hydrogens is 428 g/mol. The summed E-state index contributed by atoms with van der Waals surface area (Å²) in [4.78, 5) is 21.8. The molecule has 0 spiro atoms. The standard InChI is InChI=1S/C27H26N4OS/c1-15-8-5-6-9-16(15)22-18(14-28)26-30-25(29)23-17-10-3-2-4-13-21(17)33-27(23)31(26)19-11-7-12-20(32)24(19)22/h5-6,8-9,22H,2-4,7,10-13H2,1H3,(H2,29,30)/t22-/m1/s1. The summed E-state index contributed by atoms with van der Waals surface area (Å²) in [6.45, 7) is 2.04. The van der Waals surface area contributed by atoms with Crippen molar-refractivity contribution in [1.82, 2.24) is 0 Å². The first-order valence-corrected chi connectivity index (χ1v) is 12.7. The van der Waals surface area contributed by atoms with Crippen LogP contribution in [0, 0.1) is 18.3 Å². The molecule has 0 bridgehead atoms. The van der Waals surface area contributed by atoms with Gasteiger partial charge in [-0.1, -0.05) is 30.7 Å². The predicted molar refractivity (Wildman–Crippen MR) is 131 cm³/mol. The van der Waals surface area contributed by atoms with Gasteiger partial charge in [0.25, 0.3) is 0 Å². The number of benzene rings is 1. The number of rotatable bonds is 1. The molecular formula is C27H26N4OS. The maximum absolute atomic E-state index is 13.4. The molecule has 2 aliphatic carbocycles. The van der Waals surface area contributed by atoms with E-state index < -0.39 is 0 Å². The molecule has 2 aliphatic heterocycles. The summed E-state index contributed by atoms with van der Waals surface area (Å²) >= 11 is 1.79. The van der Waals surface area contributed by atoms with E-state index in [9.17, 15) is 10.1 Å². The van der Waals surface area contributed by atoms with Gasteiger partial charge in [-0.15, -0.1) is 11.3 Å². The van der Waals surface area contributed by atoms with Crippen molar-refractivity contribution in [1.29, 1.82) is 5.26 Å². The van der Waals surface area contributed by atoms with Gasteiger partial charge in [-0.25, -0.2) is 4.99 Å². The SMILES string of the molecule is Cc1ccccc1[C@@H]1C(C#N)=C2N=C(N)c3c(sc4c3CCCCC4)N2C2=C1C(=O)CCC2. The highest BCUT2D eigenvalue weighted by Gasteiger charge is 2.44. The molecule has 1 aromatic heterocycles. The maximum Gasteiger partial charge on any atom is 0.161 e. The number of carbonyl (C=O) groups excluding carboxylic acids is 1. The number of carbonyl (C=O) groups is 1. The zero-order valence-electron chi connectivity index (χ0n) is 18.8. The average molecular weight is 455 g/mol. The fourth-order valence-electron chi connectivity index (χ4n) is 5.91. The number of amidine groups is 1. The summed E-state index contributed by atoms with van der Waals surface area (Å²) in [7, 11) is 0. The number of hydrogen-bond acceptors (Lipinski definition) is 6. The number of aryl methyl sites for hydroxylation is 2. The molecule has 2 N–H and O–H groups in total. The number of anilines is 1. The van der Waals surface area contributed by atoms with Crippen LogP contribution in [0.4, 0.5) is 5.00 Å². The molecule has 1 atom stereocenters. The minimum Gasteiger partial charge on any atom is -0.383 e. The minimum absolute atomic E-state index is 0.151. The zero-order chi connectivity index (χ0) is 22.7. The number of nitriles is 1. The van der Waals surface area contributed by atoms with Crippen LogP contribution >= 0.6 is 11.3 Å². The van der Waals surface area contributed by atoms with Gasteiger partial charge in [-0.3, -0.25) is 9.69 Å². The number of nitrogens with zero attached hydrogens (tertiary/aromatic N) is 3. The summed E-state index contributed by atoms with van der Waals surface area (Å²) < 4.78 is 0. The van der Waals surface area contributed by atoms with Gasteiger partial charge in [-0.05, 0) is 62.1 Å². The predicted octanol–water partition coefficient (Wildman–Crippen LogP) is 5.39. The Bertz CT molecular complexity index is 1340. The molecule has 0 saturated heterocycles. The van der Waals surface area contributed by atoms with Gasteiger partial charge in [-0.2, -0.15) is 5.26 Å². The monoisotopic (exact) mass is 454 g/mol. The fourth-order valence-corrected chi connectivity index (χ4v) is 7.34. The third-order valence-electron chi connectivity index (χ3n) is 7.44. The summed E-state index contributed by atoms with van der Waals surface area (Å²) in [6.07, 6.45) is 7.84. The van der Waals surface area contributed by atoms with Crippen molar-refractivity contribution in [2.75, 3.05) is 4.90 Å². The van der Waals surface area contributed by atoms with Crippen LogP contribution in [0.25, 0.3) is 0 Å². The highest BCUT2D eigenvalue weighted by Crippen LogP contribution is 2.53. The van der Waals surface area contributed by atoms with E-state index in [0.717, 1.165) is 65.1 Å². The third-order valence-corrected chi connectivity index (χ3v) is 8.71. The smallest absolute Gasteiger partial charge is 0.161 e. The first-order chi connectivity index (χ1) is 16.1. The second-order valence-corrected chi connectivity index (χ2v) is 10.4. The second kappa shape index (κ2) is 7.71. The Morgan fingerprint density at radius 3 is 2.76 bits per heavy atom. The van der Waals surface area contributed by atoms with Crippen molar-refractivity contribution in [3.8, 4) is 6.07 Å². The Hall–Kier alpha value is -3.17. The van der Waals surface area contributed by atoms with Crippen molar-refractivity contribution in [3.63, 3.8) is 0 Å². The number of fused-ring (bicyclic) bond motifs is 6. The van der Waals surface area contributed by atoms with Crippen molar-refractivity contribution >= 4 is 28.0 Å². The lowest BCUT2D eigenvalue weighted by Gasteiger charge is -2.41. The number of hydrogen-bond donors (Lipinski definition) is 1. The van der Waals surface area contributed by atoms with Crippen LogP contribution in [-0.4, -0.2) is 11.6 Å². The number of allylic oxidation sites excluding steroid dienone is 3. The topological polar surface area (TPSA) is 82.5 Å². The third kappa shape index (κ3) is 2.95. The fraction of sp³-hybridized carbons (Fsp3) is 0.370. The van der Waals surface area contributed by atoms with Crippen LogP contribution in [0.5, 0.6) is 0 Å². The van der Waals surface area contributed by atoms with E-state index in [2.05, 4.69) is 11.0 Å². The lowest BCUT2D eigenvalue weighted by atomic mass is 9.74. The van der Waals surface area contributed by atoms with E-state index in [1.165, 1.54) is 23.3 Å². The number of thiophene rings is 1. The lowest BCUT2D eigenvalue weighted by Crippen LogP contribution is -2.38. The van der Waals surface area contributed by atoms with Crippen molar-refractivity contribution in [3.05, 3.63) is 74.1 Å². The van der Waals surface area contributed by atoms with Gasteiger partial charge in [0.05, 0.1) is 23.1 Å². The summed E-state index contributed by atoms with van der Waals surface area (Å²) in [5.41, 5.74) is 13.4. The van der Waals surface area contributed by atoms with Gasteiger partial charge < -0.3 is 5.73 Å². The van der Waals surface area contributed by atoms with E-state index in [-0.39, 0.29) is 11.7 Å². The maximum atomic E-state index is 13.4. The Morgan fingerprint density at radius 2 is 1.94 bits per heavy atom. The first kappa shape index (κ1) is 20.4. The summed E-state index contributed by atoms with van der Waals surface area (Å²) in [5, 5.41) is 11.4. The van der Waals surface area contributed by atoms with Crippen LogP contribution in [-0.2, 0) is 17.6 Å². The molecule has 1 aromatic carbocycles. The highest BCUT2D eigenvalue weighted by atomic mass is 32.1. The molecule has 33 heavy (non-hydrogen) atoms. The highest BCUT2D eigenvalue weighted by molar-refractivity contribution is 7.17. The molecule has 6 heteroatoms. The Labute approximate surface area is 197 Å². The summed E-state index contributed by atoms with van der Waals surface area (Å²) in [6, 6.07) is 10.5. The molecule has 0 amide bonds. The quantitative estimate of drug-likeness (QED) is 0.586. The molecule has 0 unspecified atom stereocenters. The normalized spacial score (nSPS) is 22.1. The van der Waals surface area contributed by atoms with Crippen LogP contribution in [0.3, 0.4) is 0 Å².